The van der Waals surface area contributed by atoms with E-state index in [-0.39, 0.29) is 11.4 Å². The first kappa shape index (κ1) is 8.55. The Bertz CT molecular complexity index is 364. The van der Waals surface area contributed by atoms with Crippen molar-refractivity contribution in [2.45, 2.75) is 0 Å². The number of nitriles is 2. The van der Waals surface area contributed by atoms with E-state index in [1.807, 2.05) is 12.1 Å². The molecule has 57 valence electrons. The van der Waals surface area contributed by atoms with E-state index < -0.39 is 0 Å². The Labute approximate surface area is 77.4 Å². The maximum atomic E-state index is 8.57. The normalized spacial score (nSPS) is 8.50. The third kappa shape index (κ3) is 1.38. The zero-order valence-electron chi connectivity index (χ0n) is 5.90. The standard InChI is InChI=1S/C7H3N4Se/c8-2-4-1-5(3-9)7(12)11-6(4)10/h1H,(H2,10,11). The topological polar surface area (TPSA) is 86.5 Å². The molecule has 0 aliphatic carbocycles. The number of rotatable bonds is 0. The van der Waals surface area contributed by atoms with Crippen molar-refractivity contribution < 1.29 is 0 Å². The Morgan fingerprint density at radius 1 is 1.33 bits per heavy atom. The van der Waals surface area contributed by atoms with Crippen molar-refractivity contribution in [3.8, 4) is 12.1 Å². The molecule has 0 atom stereocenters. The summed E-state index contributed by atoms with van der Waals surface area (Å²) in [6.07, 6.45) is 0. The molecule has 12 heavy (non-hydrogen) atoms. The SMILES string of the molecule is N#Cc1cc(C#N)c([Se])nc1N. The van der Waals surface area contributed by atoms with Gasteiger partial charge in [-0.3, -0.25) is 0 Å². The van der Waals surface area contributed by atoms with E-state index in [1.54, 1.807) is 0 Å². The molecule has 4 nitrogen and oxygen atoms in total. The Morgan fingerprint density at radius 2 is 1.92 bits per heavy atom. The molecule has 1 aromatic heterocycles. The second kappa shape index (κ2) is 3.23. The number of hydrogen-bond donors (Lipinski definition) is 1. The summed E-state index contributed by atoms with van der Waals surface area (Å²) in [4.78, 5) is 3.79. The molecule has 1 radical (unpaired) electrons. The van der Waals surface area contributed by atoms with E-state index in [9.17, 15) is 0 Å². The molecule has 0 saturated heterocycles. The summed E-state index contributed by atoms with van der Waals surface area (Å²) in [5, 5.41) is 17.1. The molecule has 0 aliphatic heterocycles. The summed E-state index contributed by atoms with van der Waals surface area (Å²) in [5.41, 5.74) is 5.95. The van der Waals surface area contributed by atoms with Gasteiger partial charge in [0.25, 0.3) is 0 Å². The predicted molar refractivity (Wildman–Crippen MR) is 43.5 cm³/mol. The minimum absolute atomic E-state index is 0.144. The van der Waals surface area contributed by atoms with Crippen LogP contribution in [0, 0.1) is 22.7 Å². The van der Waals surface area contributed by atoms with Gasteiger partial charge in [-0.25, -0.2) is 0 Å². The van der Waals surface area contributed by atoms with Crippen LogP contribution in [0.4, 0.5) is 5.82 Å². The number of hydrogen-bond acceptors (Lipinski definition) is 4. The number of pyridine rings is 1. The molecule has 1 aromatic rings. The molecule has 1 rings (SSSR count). The van der Waals surface area contributed by atoms with Gasteiger partial charge in [-0.2, -0.15) is 0 Å². The van der Waals surface area contributed by atoms with Crippen molar-refractivity contribution >= 4 is 26.4 Å². The molecule has 5 heteroatoms. The molecule has 0 aromatic carbocycles. The van der Waals surface area contributed by atoms with Crippen molar-refractivity contribution in [1.29, 1.82) is 10.5 Å². The number of nitrogen functional groups attached to an aromatic ring is 1. The zero-order chi connectivity index (χ0) is 9.14. The van der Waals surface area contributed by atoms with Gasteiger partial charge in [0.15, 0.2) is 0 Å². The number of aromatic nitrogens is 1. The average molecular weight is 222 g/mol. The number of nitrogens with zero attached hydrogens (tertiary/aromatic N) is 3. The van der Waals surface area contributed by atoms with Crippen LogP contribution in [0.1, 0.15) is 11.1 Å². The fourth-order valence-corrected chi connectivity index (χ4v) is 1.11. The van der Waals surface area contributed by atoms with Crippen molar-refractivity contribution in [1.82, 2.24) is 4.98 Å². The summed E-state index contributed by atoms with van der Waals surface area (Å²) in [7, 11) is 0. The molecule has 0 aliphatic rings. The summed E-state index contributed by atoms with van der Waals surface area (Å²) >= 11 is 2.59. The zero-order valence-corrected chi connectivity index (χ0v) is 7.62. The summed E-state index contributed by atoms with van der Waals surface area (Å²) < 4.78 is 0.425. The van der Waals surface area contributed by atoms with Gasteiger partial charge in [-0.1, -0.05) is 0 Å². The Balaban J connectivity index is 3.42. The third-order valence-corrected chi connectivity index (χ3v) is 1.91. The molecule has 0 saturated carbocycles. The first-order valence-corrected chi connectivity index (χ1v) is 3.82. The van der Waals surface area contributed by atoms with Gasteiger partial charge < -0.3 is 0 Å². The molecule has 2 N–H and O–H groups in total. The van der Waals surface area contributed by atoms with Crippen molar-refractivity contribution in [3.63, 3.8) is 0 Å². The number of anilines is 1. The third-order valence-electron chi connectivity index (χ3n) is 1.26. The van der Waals surface area contributed by atoms with Gasteiger partial charge in [0.2, 0.25) is 0 Å². The van der Waals surface area contributed by atoms with Crippen LogP contribution >= 0.6 is 0 Å². The van der Waals surface area contributed by atoms with Crippen LogP contribution in [0.2, 0.25) is 0 Å². The van der Waals surface area contributed by atoms with Crippen LogP contribution in [0.5, 0.6) is 0 Å². The first-order valence-electron chi connectivity index (χ1n) is 2.96. The van der Waals surface area contributed by atoms with Crippen LogP contribution in [-0.2, 0) is 0 Å². The van der Waals surface area contributed by atoms with E-state index in [2.05, 4.69) is 21.0 Å². The van der Waals surface area contributed by atoms with E-state index in [4.69, 9.17) is 16.3 Å². The van der Waals surface area contributed by atoms with Gasteiger partial charge >= 0.3 is 77.0 Å². The van der Waals surface area contributed by atoms with Crippen LogP contribution < -0.4 is 10.3 Å². The van der Waals surface area contributed by atoms with Gasteiger partial charge in [0.1, 0.15) is 0 Å². The second-order valence-corrected chi connectivity index (χ2v) is 2.81. The molecule has 0 spiro atoms. The molecule has 0 fully saturated rings. The molecular weight excluding hydrogens is 219 g/mol. The first-order chi connectivity index (χ1) is 5.69. The van der Waals surface area contributed by atoms with Gasteiger partial charge in [0, 0.05) is 0 Å². The summed E-state index contributed by atoms with van der Waals surface area (Å²) in [6, 6.07) is 5.15. The average Bonchev–Trinajstić information content (AvgIpc) is 2.05. The predicted octanol–water partition coefficient (Wildman–Crippen LogP) is -0.799. The fraction of sp³-hybridized carbons (Fsp3) is 0. The van der Waals surface area contributed by atoms with Crippen LogP contribution in [-0.4, -0.2) is 21.0 Å². The Hall–Kier alpha value is -1.55. The van der Waals surface area contributed by atoms with Gasteiger partial charge in [-0.05, 0) is 0 Å². The minimum atomic E-state index is 0.144. The van der Waals surface area contributed by atoms with Crippen molar-refractivity contribution in [2.75, 3.05) is 5.73 Å². The fourth-order valence-electron chi connectivity index (χ4n) is 0.680. The van der Waals surface area contributed by atoms with E-state index >= 15 is 0 Å². The van der Waals surface area contributed by atoms with Crippen LogP contribution in [0.3, 0.4) is 0 Å². The molecule has 0 unspecified atom stereocenters. The maximum absolute atomic E-state index is 8.57. The number of nitrogens with two attached hydrogens (primary N) is 1. The summed E-state index contributed by atoms with van der Waals surface area (Å²) in [5.74, 6) is 0.144. The molecule has 0 amide bonds. The van der Waals surface area contributed by atoms with Crippen molar-refractivity contribution in [3.05, 3.63) is 17.2 Å². The van der Waals surface area contributed by atoms with E-state index in [0.717, 1.165) is 0 Å². The Kier molecular flexibility index (Phi) is 2.30. The molecule has 0 bridgehead atoms. The van der Waals surface area contributed by atoms with E-state index in [0.29, 0.717) is 10.2 Å². The quantitative estimate of drug-likeness (QED) is 0.582. The Morgan fingerprint density at radius 3 is 2.42 bits per heavy atom. The van der Waals surface area contributed by atoms with Crippen LogP contribution in [0.25, 0.3) is 0 Å². The second-order valence-electron chi connectivity index (χ2n) is 2.00. The molecular formula is C7H3N4Se. The summed E-state index contributed by atoms with van der Waals surface area (Å²) in [6.45, 7) is 0. The van der Waals surface area contributed by atoms with Gasteiger partial charge in [-0.15, -0.1) is 0 Å². The molecule has 1 heterocycles. The monoisotopic (exact) mass is 223 g/mol. The van der Waals surface area contributed by atoms with Crippen LogP contribution in [0.15, 0.2) is 6.07 Å². The van der Waals surface area contributed by atoms with Gasteiger partial charge in [0.05, 0.1) is 0 Å². The van der Waals surface area contributed by atoms with E-state index in [1.165, 1.54) is 6.07 Å². The van der Waals surface area contributed by atoms with Crippen molar-refractivity contribution in [2.24, 2.45) is 0 Å².